The maximum atomic E-state index is 5.95. The molecule has 0 saturated carbocycles. The van der Waals surface area contributed by atoms with Crippen molar-refractivity contribution >= 4 is 34.5 Å². The van der Waals surface area contributed by atoms with Crippen LogP contribution in [0.2, 0.25) is 0 Å². The molecule has 0 unspecified atom stereocenters. The molecule has 0 N–H and O–H groups in total. The third-order valence-corrected chi connectivity index (χ3v) is 6.55. The third-order valence-electron chi connectivity index (χ3n) is 5.51. The molecule has 0 aromatic carbocycles. The van der Waals surface area contributed by atoms with E-state index in [9.17, 15) is 0 Å². The predicted octanol–water partition coefficient (Wildman–Crippen LogP) is 3.61. The molecule has 0 atom stereocenters. The molecule has 2 heterocycles. The van der Waals surface area contributed by atoms with Gasteiger partial charge in [0, 0.05) is 24.2 Å². The van der Waals surface area contributed by atoms with E-state index in [1.807, 2.05) is 12.2 Å². The van der Waals surface area contributed by atoms with Crippen LogP contribution in [-0.4, -0.2) is 61.6 Å². The van der Waals surface area contributed by atoms with E-state index < -0.39 is 0 Å². The van der Waals surface area contributed by atoms with Crippen molar-refractivity contribution in [3.05, 3.63) is 25.3 Å². The van der Waals surface area contributed by atoms with Gasteiger partial charge in [0.2, 0.25) is 0 Å². The molecule has 0 radical (unpaired) electrons. The molecular formula is C18H29N3S2. The summed E-state index contributed by atoms with van der Waals surface area (Å²) in [6, 6.07) is 0. The Bertz CT molecular complexity index is 532. The number of likely N-dealkylation sites (tertiary alicyclic amines) is 1. The first-order valence-corrected chi connectivity index (χ1v) is 8.94. The molecule has 128 valence electrons. The number of rotatable bonds is 4. The molecule has 2 rings (SSSR count). The Morgan fingerprint density at radius 3 is 1.91 bits per heavy atom. The summed E-state index contributed by atoms with van der Waals surface area (Å²) in [4.78, 5) is 7.77. The van der Waals surface area contributed by atoms with Gasteiger partial charge < -0.3 is 9.80 Å². The highest BCUT2D eigenvalue weighted by Crippen LogP contribution is 2.49. The Kier molecular flexibility index (Phi) is 4.79. The first kappa shape index (κ1) is 18.6. The van der Waals surface area contributed by atoms with Crippen molar-refractivity contribution in [2.45, 2.75) is 57.2 Å². The van der Waals surface area contributed by atoms with Crippen LogP contribution in [0, 0.1) is 0 Å². The molecule has 0 aliphatic carbocycles. The van der Waals surface area contributed by atoms with Crippen molar-refractivity contribution < 1.29 is 0 Å². The second-order valence-electron chi connectivity index (χ2n) is 7.96. The fraction of sp³-hybridized carbons (Fsp3) is 0.667. The molecule has 1 spiro atoms. The van der Waals surface area contributed by atoms with Crippen molar-refractivity contribution in [1.29, 1.82) is 0 Å². The van der Waals surface area contributed by atoms with Crippen LogP contribution >= 0.6 is 24.4 Å². The second kappa shape index (κ2) is 5.94. The molecule has 0 aromatic heterocycles. The van der Waals surface area contributed by atoms with E-state index in [4.69, 9.17) is 24.4 Å². The first-order chi connectivity index (χ1) is 10.5. The maximum Gasteiger partial charge on any atom is 0.177 e. The van der Waals surface area contributed by atoms with E-state index in [1.54, 1.807) is 0 Å². The van der Waals surface area contributed by atoms with Crippen LogP contribution < -0.4 is 0 Å². The Morgan fingerprint density at radius 2 is 1.48 bits per heavy atom. The highest BCUT2D eigenvalue weighted by molar-refractivity contribution is 7.82. The highest BCUT2D eigenvalue weighted by atomic mass is 32.1. The average Bonchev–Trinajstić information content (AvgIpc) is 2.60. The zero-order valence-electron chi connectivity index (χ0n) is 15.1. The van der Waals surface area contributed by atoms with Crippen LogP contribution in [0.1, 0.15) is 40.5 Å². The van der Waals surface area contributed by atoms with Gasteiger partial charge in [0.15, 0.2) is 5.11 Å². The molecule has 0 amide bonds. The third kappa shape index (κ3) is 2.77. The van der Waals surface area contributed by atoms with Crippen molar-refractivity contribution in [2.24, 2.45) is 0 Å². The zero-order chi connectivity index (χ0) is 17.6. The number of nitrogens with zero attached hydrogens (tertiary/aromatic N) is 3. The van der Waals surface area contributed by atoms with Gasteiger partial charge in [-0.2, -0.15) is 0 Å². The lowest BCUT2D eigenvalue weighted by atomic mass is 9.69. The Morgan fingerprint density at radius 1 is 1.00 bits per heavy atom. The summed E-state index contributed by atoms with van der Waals surface area (Å²) in [7, 11) is 2.21. The first-order valence-electron chi connectivity index (χ1n) is 8.13. The van der Waals surface area contributed by atoms with Gasteiger partial charge in [-0.3, -0.25) is 4.90 Å². The van der Waals surface area contributed by atoms with Crippen LogP contribution in [0.5, 0.6) is 0 Å². The summed E-state index contributed by atoms with van der Waals surface area (Å²) in [5.74, 6) is 0. The molecule has 2 aliphatic rings. The topological polar surface area (TPSA) is 9.72 Å². The van der Waals surface area contributed by atoms with Gasteiger partial charge in [-0.1, -0.05) is 24.4 Å². The summed E-state index contributed by atoms with van der Waals surface area (Å²) in [6.45, 7) is 18.4. The minimum atomic E-state index is -0.219. The molecule has 23 heavy (non-hydrogen) atoms. The fourth-order valence-electron chi connectivity index (χ4n) is 4.35. The Balaban J connectivity index is 2.55. The standard InChI is InChI=1S/C18H29N3S2/c1-8-10-20-14(22)18(21(11-9-2)15(20)23)12-16(3,4)19(7)17(5,6)13-18/h8-9H,1-2,10-13H2,3-7H3. The molecule has 2 fully saturated rings. The van der Waals surface area contributed by atoms with Crippen LogP contribution in [0.4, 0.5) is 0 Å². The number of thiocarbonyl (C=S) groups is 2. The quantitative estimate of drug-likeness (QED) is 0.564. The van der Waals surface area contributed by atoms with Crippen LogP contribution in [0.25, 0.3) is 0 Å². The second-order valence-corrected chi connectivity index (χ2v) is 8.71. The minimum absolute atomic E-state index is 0.0328. The van der Waals surface area contributed by atoms with Crippen molar-refractivity contribution in [3.63, 3.8) is 0 Å². The molecular weight excluding hydrogens is 322 g/mol. The van der Waals surface area contributed by atoms with E-state index in [0.717, 1.165) is 29.5 Å². The Hall–Kier alpha value is -0.780. The number of hydrogen-bond donors (Lipinski definition) is 0. The Labute approximate surface area is 152 Å². The smallest absolute Gasteiger partial charge is 0.177 e. The molecule has 2 saturated heterocycles. The fourth-order valence-corrected chi connectivity index (χ4v) is 5.24. The summed E-state index contributed by atoms with van der Waals surface area (Å²) in [6.07, 6.45) is 5.71. The molecule has 3 nitrogen and oxygen atoms in total. The monoisotopic (exact) mass is 351 g/mol. The zero-order valence-corrected chi connectivity index (χ0v) is 16.7. The van der Waals surface area contributed by atoms with Gasteiger partial charge >= 0.3 is 0 Å². The van der Waals surface area contributed by atoms with E-state index in [2.05, 4.69) is 62.6 Å². The highest BCUT2D eigenvalue weighted by Gasteiger charge is 2.60. The van der Waals surface area contributed by atoms with Gasteiger partial charge in [-0.05, 0) is 59.8 Å². The van der Waals surface area contributed by atoms with E-state index >= 15 is 0 Å². The van der Waals surface area contributed by atoms with E-state index in [-0.39, 0.29) is 16.6 Å². The molecule has 2 aliphatic heterocycles. The summed E-state index contributed by atoms with van der Waals surface area (Å²) in [5.41, 5.74) is -0.154. The van der Waals surface area contributed by atoms with Gasteiger partial charge in [-0.15, -0.1) is 13.2 Å². The predicted molar refractivity (Wildman–Crippen MR) is 107 cm³/mol. The van der Waals surface area contributed by atoms with Crippen molar-refractivity contribution in [1.82, 2.24) is 14.7 Å². The van der Waals surface area contributed by atoms with Crippen LogP contribution in [0.15, 0.2) is 25.3 Å². The molecule has 0 aromatic rings. The van der Waals surface area contributed by atoms with E-state index in [1.165, 1.54) is 0 Å². The lowest BCUT2D eigenvalue weighted by Gasteiger charge is -2.59. The van der Waals surface area contributed by atoms with Crippen molar-refractivity contribution in [2.75, 3.05) is 20.1 Å². The summed E-state index contributed by atoms with van der Waals surface area (Å²) >= 11 is 11.7. The van der Waals surface area contributed by atoms with Gasteiger partial charge in [0.1, 0.15) is 4.99 Å². The molecule has 0 bridgehead atoms. The van der Waals surface area contributed by atoms with Crippen LogP contribution in [0.3, 0.4) is 0 Å². The normalized spacial score (nSPS) is 26.0. The SMILES string of the molecule is C=CCN1C(=S)N(CC=C)C2(CC(C)(C)N(C)C(C)(C)C2)C1=S. The summed E-state index contributed by atoms with van der Waals surface area (Å²) in [5, 5.41) is 0.811. The lowest BCUT2D eigenvalue weighted by molar-refractivity contribution is -0.0482. The van der Waals surface area contributed by atoms with E-state index in [0.29, 0.717) is 6.54 Å². The largest absolute Gasteiger partial charge is 0.333 e. The average molecular weight is 352 g/mol. The van der Waals surface area contributed by atoms with Gasteiger partial charge in [-0.25, -0.2) is 0 Å². The molecule has 5 heteroatoms. The minimum Gasteiger partial charge on any atom is -0.333 e. The van der Waals surface area contributed by atoms with Gasteiger partial charge in [0.05, 0.1) is 5.54 Å². The number of hydrogen-bond acceptors (Lipinski definition) is 3. The van der Waals surface area contributed by atoms with Crippen molar-refractivity contribution in [3.8, 4) is 0 Å². The maximum absolute atomic E-state index is 5.95. The summed E-state index contributed by atoms with van der Waals surface area (Å²) < 4.78 is 0. The van der Waals surface area contributed by atoms with Gasteiger partial charge in [0.25, 0.3) is 0 Å². The van der Waals surface area contributed by atoms with Crippen LogP contribution in [-0.2, 0) is 0 Å². The lowest BCUT2D eigenvalue weighted by Crippen LogP contribution is -2.68. The number of piperidine rings is 1.